The molecule has 1 fully saturated rings. The molecule has 1 aliphatic rings. The molecule has 5 heteroatoms. The van der Waals surface area contributed by atoms with Gasteiger partial charge in [-0.2, -0.15) is 0 Å². The van der Waals surface area contributed by atoms with E-state index in [4.69, 9.17) is 27.9 Å². The fourth-order valence-corrected chi connectivity index (χ4v) is 2.90. The molecule has 22 heavy (non-hydrogen) atoms. The summed E-state index contributed by atoms with van der Waals surface area (Å²) in [6.45, 7) is 2.19. The minimum Gasteiger partial charge on any atom is -0.372 e. The van der Waals surface area contributed by atoms with Crippen LogP contribution in [0.25, 0.3) is 11.1 Å². The fourth-order valence-electron chi connectivity index (χ4n) is 2.61. The second kappa shape index (κ2) is 6.97. The standard InChI is InChI=1S/C17H16Cl2FNO/c18-16-4-1-11(8-17(16)19)15-3-2-13(20)7-12(15)10-22-14-5-6-21-9-14/h1-4,7-8,14,21H,5-6,9-10H2. The molecule has 2 nitrogen and oxygen atoms in total. The Morgan fingerprint density at radius 1 is 1.14 bits per heavy atom. The zero-order valence-electron chi connectivity index (χ0n) is 11.9. The summed E-state index contributed by atoms with van der Waals surface area (Å²) in [7, 11) is 0. The van der Waals surface area contributed by atoms with Crippen molar-refractivity contribution in [3.05, 3.63) is 57.8 Å². The predicted octanol–water partition coefficient (Wildman–Crippen LogP) is 4.68. The van der Waals surface area contributed by atoms with Gasteiger partial charge in [0.25, 0.3) is 0 Å². The van der Waals surface area contributed by atoms with Crippen LogP contribution in [0, 0.1) is 5.82 Å². The first-order chi connectivity index (χ1) is 10.6. The molecule has 0 radical (unpaired) electrons. The number of rotatable bonds is 4. The Labute approximate surface area is 139 Å². The van der Waals surface area contributed by atoms with Gasteiger partial charge in [-0.1, -0.05) is 35.3 Å². The maximum absolute atomic E-state index is 13.6. The Morgan fingerprint density at radius 3 is 2.73 bits per heavy atom. The molecule has 0 spiro atoms. The zero-order valence-corrected chi connectivity index (χ0v) is 13.4. The molecule has 2 aromatic carbocycles. The number of nitrogens with one attached hydrogen (secondary N) is 1. The van der Waals surface area contributed by atoms with E-state index in [-0.39, 0.29) is 11.9 Å². The van der Waals surface area contributed by atoms with Crippen LogP contribution in [0.2, 0.25) is 10.0 Å². The van der Waals surface area contributed by atoms with Crippen molar-refractivity contribution in [1.82, 2.24) is 5.32 Å². The molecule has 116 valence electrons. The summed E-state index contributed by atoms with van der Waals surface area (Å²) in [6, 6.07) is 10.1. The minimum absolute atomic E-state index is 0.185. The van der Waals surface area contributed by atoms with Crippen LogP contribution >= 0.6 is 23.2 Å². The van der Waals surface area contributed by atoms with Gasteiger partial charge in [-0.05, 0) is 53.9 Å². The number of hydrogen-bond acceptors (Lipinski definition) is 2. The van der Waals surface area contributed by atoms with E-state index in [0.717, 1.165) is 36.2 Å². The Kier molecular flexibility index (Phi) is 4.99. The smallest absolute Gasteiger partial charge is 0.123 e. The third-order valence-electron chi connectivity index (χ3n) is 3.79. The summed E-state index contributed by atoms with van der Waals surface area (Å²) in [5, 5.41) is 4.23. The van der Waals surface area contributed by atoms with Gasteiger partial charge in [0, 0.05) is 6.54 Å². The summed E-state index contributed by atoms with van der Waals surface area (Å²) in [4.78, 5) is 0. The van der Waals surface area contributed by atoms with Gasteiger partial charge in [0.2, 0.25) is 0 Å². The van der Waals surface area contributed by atoms with Crippen LogP contribution in [-0.2, 0) is 11.3 Å². The second-order valence-corrected chi connectivity index (χ2v) is 6.17. The summed E-state index contributed by atoms with van der Waals surface area (Å²) >= 11 is 12.0. The van der Waals surface area contributed by atoms with Crippen molar-refractivity contribution in [2.45, 2.75) is 19.1 Å². The lowest BCUT2D eigenvalue weighted by Gasteiger charge is -2.14. The van der Waals surface area contributed by atoms with E-state index in [9.17, 15) is 4.39 Å². The first-order valence-electron chi connectivity index (χ1n) is 7.19. The molecule has 1 unspecified atom stereocenters. The van der Waals surface area contributed by atoms with Gasteiger partial charge in [-0.15, -0.1) is 0 Å². The van der Waals surface area contributed by atoms with Gasteiger partial charge in [-0.3, -0.25) is 0 Å². The Balaban J connectivity index is 1.87. The van der Waals surface area contributed by atoms with Crippen molar-refractivity contribution in [3.63, 3.8) is 0 Å². The number of hydrogen-bond donors (Lipinski definition) is 1. The van der Waals surface area contributed by atoms with E-state index in [1.165, 1.54) is 12.1 Å². The van der Waals surface area contributed by atoms with Gasteiger partial charge in [0.15, 0.2) is 0 Å². The lowest BCUT2D eigenvalue weighted by molar-refractivity contribution is 0.0543. The summed E-state index contributed by atoms with van der Waals surface area (Å²) in [5.41, 5.74) is 2.62. The molecule has 2 aromatic rings. The van der Waals surface area contributed by atoms with E-state index in [2.05, 4.69) is 5.32 Å². The van der Waals surface area contributed by atoms with E-state index < -0.39 is 0 Å². The first kappa shape index (κ1) is 15.8. The van der Waals surface area contributed by atoms with E-state index in [1.54, 1.807) is 18.2 Å². The van der Waals surface area contributed by atoms with Crippen molar-refractivity contribution in [1.29, 1.82) is 0 Å². The second-order valence-electron chi connectivity index (χ2n) is 5.36. The van der Waals surface area contributed by atoms with Gasteiger partial charge in [0.1, 0.15) is 5.82 Å². The third-order valence-corrected chi connectivity index (χ3v) is 4.53. The van der Waals surface area contributed by atoms with Crippen LogP contribution in [-0.4, -0.2) is 19.2 Å². The minimum atomic E-state index is -0.271. The average molecular weight is 340 g/mol. The van der Waals surface area contributed by atoms with Crippen LogP contribution in [0.4, 0.5) is 4.39 Å². The molecule has 1 aliphatic heterocycles. The van der Waals surface area contributed by atoms with Gasteiger partial charge >= 0.3 is 0 Å². The summed E-state index contributed by atoms with van der Waals surface area (Å²) in [5.74, 6) is -0.271. The highest BCUT2D eigenvalue weighted by Gasteiger charge is 2.16. The SMILES string of the molecule is Fc1ccc(-c2ccc(Cl)c(Cl)c2)c(COC2CCNC2)c1. The van der Waals surface area contributed by atoms with Gasteiger partial charge in [0.05, 0.1) is 22.8 Å². The van der Waals surface area contributed by atoms with Crippen LogP contribution in [0.5, 0.6) is 0 Å². The Hall–Kier alpha value is -1.13. The molecule has 0 aromatic heterocycles. The van der Waals surface area contributed by atoms with Gasteiger partial charge in [-0.25, -0.2) is 4.39 Å². The Morgan fingerprint density at radius 2 is 2.00 bits per heavy atom. The first-order valence-corrected chi connectivity index (χ1v) is 7.95. The summed E-state index contributed by atoms with van der Waals surface area (Å²) < 4.78 is 19.5. The molecule has 3 rings (SSSR count). The monoisotopic (exact) mass is 339 g/mol. The molecule has 1 N–H and O–H groups in total. The molecule has 0 amide bonds. The quantitative estimate of drug-likeness (QED) is 0.873. The molecule has 1 heterocycles. The molecule has 0 aliphatic carbocycles. The molecular weight excluding hydrogens is 324 g/mol. The predicted molar refractivity (Wildman–Crippen MR) is 87.9 cm³/mol. The van der Waals surface area contributed by atoms with E-state index in [0.29, 0.717) is 16.7 Å². The highest BCUT2D eigenvalue weighted by Crippen LogP contribution is 2.31. The molecule has 1 saturated heterocycles. The highest BCUT2D eigenvalue weighted by molar-refractivity contribution is 6.42. The average Bonchev–Trinajstić information content (AvgIpc) is 3.02. The van der Waals surface area contributed by atoms with Crippen molar-refractivity contribution in [3.8, 4) is 11.1 Å². The summed E-state index contributed by atoms with van der Waals surface area (Å²) in [6.07, 6.45) is 1.17. The third kappa shape index (κ3) is 3.61. The van der Waals surface area contributed by atoms with E-state index in [1.807, 2.05) is 6.07 Å². The topological polar surface area (TPSA) is 21.3 Å². The fraction of sp³-hybridized carbons (Fsp3) is 0.294. The lowest BCUT2D eigenvalue weighted by atomic mass is 10.00. The van der Waals surface area contributed by atoms with Crippen molar-refractivity contribution in [2.75, 3.05) is 13.1 Å². The largest absolute Gasteiger partial charge is 0.372 e. The maximum atomic E-state index is 13.6. The number of halogens is 3. The molecule has 1 atom stereocenters. The Bertz CT molecular complexity index is 672. The van der Waals surface area contributed by atoms with Crippen LogP contribution < -0.4 is 5.32 Å². The molecular formula is C17H16Cl2FNO. The number of ether oxygens (including phenoxy) is 1. The normalized spacial score (nSPS) is 17.9. The number of benzene rings is 2. The van der Waals surface area contributed by atoms with Crippen LogP contribution in [0.3, 0.4) is 0 Å². The lowest BCUT2D eigenvalue weighted by Crippen LogP contribution is -2.16. The van der Waals surface area contributed by atoms with Crippen LogP contribution in [0.15, 0.2) is 36.4 Å². The molecule has 0 saturated carbocycles. The highest BCUT2D eigenvalue weighted by atomic mass is 35.5. The van der Waals surface area contributed by atoms with Gasteiger partial charge < -0.3 is 10.1 Å². The van der Waals surface area contributed by atoms with Crippen molar-refractivity contribution >= 4 is 23.2 Å². The van der Waals surface area contributed by atoms with E-state index >= 15 is 0 Å². The maximum Gasteiger partial charge on any atom is 0.123 e. The zero-order chi connectivity index (χ0) is 15.5. The molecule has 0 bridgehead atoms. The van der Waals surface area contributed by atoms with Crippen LogP contribution in [0.1, 0.15) is 12.0 Å². The van der Waals surface area contributed by atoms with Crippen molar-refractivity contribution in [2.24, 2.45) is 0 Å². The van der Waals surface area contributed by atoms with Crippen molar-refractivity contribution < 1.29 is 9.13 Å².